The molecule has 0 atom stereocenters. The van der Waals surface area contributed by atoms with Crippen molar-refractivity contribution in [2.45, 2.75) is 0 Å². The Balaban J connectivity index is 0.492. The van der Waals surface area contributed by atoms with E-state index >= 15 is 0 Å². The molecule has 24 aromatic carbocycles. The minimum atomic E-state index is 0.828. The van der Waals surface area contributed by atoms with Crippen molar-refractivity contribution in [2.24, 2.45) is 0 Å². The van der Waals surface area contributed by atoms with Crippen molar-refractivity contribution in [3.63, 3.8) is 0 Å². The lowest BCUT2D eigenvalue weighted by atomic mass is 9.89. The predicted molar refractivity (Wildman–Crippen MR) is 598 cm³/mol. The van der Waals surface area contributed by atoms with Crippen LogP contribution in [0.2, 0.25) is 0 Å². The van der Waals surface area contributed by atoms with Gasteiger partial charge in [-0.2, -0.15) is 0 Å². The highest BCUT2D eigenvalue weighted by atomic mass is 16.3. The number of anilines is 6. The van der Waals surface area contributed by atoms with Crippen molar-refractivity contribution in [1.29, 1.82) is 0 Å². The van der Waals surface area contributed by atoms with E-state index in [-0.39, 0.29) is 0 Å². The van der Waals surface area contributed by atoms with Gasteiger partial charge in [0.2, 0.25) is 0 Å². The van der Waals surface area contributed by atoms with E-state index < -0.39 is 0 Å². The van der Waals surface area contributed by atoms with Gasteiger partial charge in [-0.15, -0.1) is 0 Å². The Kier molecular flexibility index (Phi) is 19.2. The van der Waals surface area contributed by atoms with Crippen molar-refractivity contribution >= 4 is 165 Å². The minimum absolute atomic E-state index is 0.828. The molecule has 28 aromatic rings. The van der Waals surface area contributed by atoms with E-state index in [4.69, 9.17) is 8.83 Å². The second-order valence-electron chi connectivity index (χ2n) is 37.3. The van der Waals surface area contributed by atoms with E-state index in [1.807, 2.05) is 6.07 Å². The predicted octanol–water partition coefficient (Wildman–Crippen LogP) is 38.2. The summed E-state index contributed by atoms with van der Waals surface area (Å²) in [5.74, 6) is 0. The zero-order valence-corrected chi connectivity index (χ0v) is 77.3. The van der Waals surface area contributed by atoms with Crippen LogP contribution in [0.1, 0.15) is 0 Å². The highest BCUT2D eigenvalue weighted by Crippen LogP contribution is 2.50. The van der Waals surface area contributed by atoms with Crippen molar-refractivity contribution in [3.8, 4) is 112 Å². The van der Waals surface area contributed by atoms with Gasteiger partial charge in [-0.3, -0.25) is 0 Å². The smallest absolute Gasteiger partial charge is 0.136 e. The van der Waals surface area contributed by atoms with Gasteiger partial charge in [0.1, 0.15) is 22.3 Å². The molecule has 662 valence electrons. The number of fused-ring (bicyclic) bond motifs is 18. The molecule has 4 aromatic heterocycles. The molecular formula is C136H86N4O2. The van der Waals surface area contributed by atoms with Gasteiger partial charge in [-0.25, -0.2) is 0 Å². The van der Waals surface area contributed by atoms with Crippen LogP contribution in [0.25, 0.3) is 242 Å². The summed E-state index contributed by atoms with van der Waals surface area (Å²) >= 11 is 0. The summed E-state index contributed by atoms with van der Waals surface area (Å²) in [6.45, 7) is 0. The zero-order chi connectivity index (χ0) is 93.4. The van der Waals surface area contributed by atoms with E-state index in [1.54, 1.807) is 0 Å². The van der Waals surface area contributed by atoms with Crippen LogP contribution in [0, 0.1) is 0 Å². The van der Waals surface area contributed by atoms with E-state index in [1.165, 1.54) is 104 Å². The van der Waals surface area contributed by atoms with Crippen LogP contribution in [-0.2, 0) is 0 Å². The average molecular weight is 1810 g/mol. The lowest BCUT2D eigenvalue weighted by Gasteiger charge is -2.28. The quantitative estimate of drug-likeness (QED) is 0.0852. The van der Waals surface area contributed by atoms with Crippen LogP contribution < -0.4 is 9.80 Å². The third kappa shape index (κ3) is 13.8. The fourth-order valence-electron chi connectivity index (χ4n) is 22.6. The lowest BCUT2D eigenvalue weighted by Crippen LogP contribution is -2.11. The maximum atomic E-state index is 7.09. The molecule has 4 heterocycles. The molecular weight excluding hydrogens is 1720 g/mol. The first-order valence-corrected chi connectivity index (χ1v) is 48.7. The number of para-hydroxylation sites is 6. The summed E-state index contributed by atoms with van der Waals surface area (Å²) in [6.07, 6.45) is 0. The molecule has 0 saturated carbocycles. The Morgan fingerprint density at radius 1 is 0.148 bits per heavy atom. The second-order valence-corrected chi connectivity index (χ2v) is 37.3. The molecule has 142 heavy (non-hydrogen) atoms. The Morgan fingerprint density at radius 2 is 0.479 bits per heavy atom. The summed E-state index contributed by atoms with van der Waals surface area (Å²) in [6, 6.07) is 191. The number of benzene rings is 24. The average Bonchev–Trinajstić information content (AvgIpc) is 1.36. The van der Waals surface area contributed by atoms with Gasteiger partial charge in [-0.1, -0.05) is 364 Å². The maximum Gasteiger partial charge on any atom is 0.136 e. The minimum Gasteiger partial charge on any atom is -0.456 e. The fourth-order valence-corrected chi connectivity index (χ4v) is 22.6. The van der Waals surface area contributed by atoms with Crippen LogP contribution in [0.5, 0.6) is 0 Å². The maximum absolute atomic E-state index is 7.09. The molecule has 6 nitrogen and oxygen atoms in total. The Hall–Kier alpha value is -18.9. The molecule has 0 saturated heterocycles. The number of hydrogen-bond donors (Lipinski definition) is 0. The molecule has 0 unspecified atom stereocenters. The zero-order valence-electron chi connectivity index (χ0n) is 77.3. The molecule has 0 radical (unpaired) electrons. The Morgan fingerprint density at radius 3 is 1.01 bits per heavy atom. The number of nitrogens with zero attached hydrogens (tertiary/aromatic N) is 4. The number of aromatic nitrogens is 2. The molecule has 0 fully saturated rings. The van der Waals surface area contributed by atoms with Gasteiger partial charge in [0.15, 0.2) is 0 Å². The van der Waals surface area contributed by atoms with Crippen LogP contribution in [-0.4, -0.2) is 9.13 Å². The molecule has 0 bridgehead atoms. The van der Waals surface area contributed by atoms with Crippen LogP contribution in [0.4, 0.5) is 34.1 Å². The van der Waals surface area contributed by atoms with Crippen molar-refractivity contribution in [2.75, 3.05) is 9.80 Å². The topological polar surface area (TPSA) is 42.6 Å². The Labute approximate surface area is 819 Å². The summed E-state index contributed by atoms with van der Waals surface area (Å²) in [4.78, 5) is 4.82. The monoisotopic (exact) mass is 1810 g/mol. The highest BCUT2D eigenvalue weighted by Gasteiger charge is 2.26. The third-order valence-electron chi connectivity index (χ3n) is 29.3. The van der Waals surface area contributed by atoms with Crippen LogP contribution in [0.15, 0.2) is 531 Å². The molecule has 0 amide bonds. The Bertz CT molecular complexity index is 9790. The van der Waals surface area contributed by atoms with Gasteiger partial charge < -0.3 is 27.8 Å². The molecule has 6 heteroatoms. The first kappa shape index (κ1) is 81.5. The SMILES string of the molecule is c1cc(-c2cccc3oc4ccccc4c23)cc(N(c2ccc(-c3ccc(-c4ccc(-n5c6ccccc6c6ccccc65)cc4)cc3)cc2)c2ccc(-c3cc4cccc(-c5ccc6c(c5)oc5cccc(-c7cccc(N(c8ccc(-c9ccc(-c%10ccc(-n%11c%12ccccc%12c%12ccccc%12%11)cc%10)cc9)cc8)c8ccccc8-c8ccc9c(ccc%10ccccc%109)c8)c7)c56)c4c4ccccc34)cc2)c1. The summed E-state index contributed by atoms with van der Waals surface area (Å²) in [5, 5.41) is 19.0. The van der Waals surface area contributed by atoms with Gasteiger partial charge in [0.25, 0.3) is 0 Å². The van der Waals surface area contributed by atoms with Crippen LogP contribution >= 0.6 is 0 Å². The molecule has 0 aliphatic carbocycles. The summed E-state index contributed by atoms with van der Waals surface area (Å²) in [5.41, 5.74) is 37.1. The lowest BCUT2D eigenvalue weighted by molar-refractivity contribution is 0.668. The number of rotatable bonds is 17. The first-order chi connectivity index (χ1) is 70.4. The molecule has 28 rings (SSSR count). The molecule has 0 aliphatic rings. The number of furan rings is 2. The van der Waals surface area contributed by atoms with Crippen LogP contribution in [0.3, 0.4) is 0 Å². The van der Waals surface area contributed by atoms with Gasteiger partial charge in [0, 0.05) is 88.5 Å². The molecule has 0 N–H and O–H groups in total. The normalized spacial score (nSPS) is 11.8. The summed E-state index contributed by atoms with van der Waals surface area (Å²) < 4.78 is 18.3. The van der Waals surface area contributed by atoms with E-state index in [0.29, 0.717) is 0 Å². The molecule has 0 spiro atoms. The van der Waals surface area contributed by atoms with E-state index in [2.05, 4.69) is 535 Å². The van der Waals surface area contributed by atoms with Gasteiger partial charge in [-0.05, 0) is 295 Å². The highest BCUT2D eigenvalue weighted by molar-refractivity contribution is 6.21. The van der Waals surface area contributed by atoms with Gasteiger partial charge in [0.05, 0.1) is 27.8 Å². The third-order valence-corrected chi connectivity index (χ3v) is 29.3. The second kappa shape index (κ2) is 33.5. The van der Waals surface area contributed by atoms with E-state index in [9.17, 15) is 0 Å². The largest absolute Gasteiger partial charge is 0.456 e. The first-order valence-electron chi connectivity index (χ1n) is 48.7. The van der Waals surface area contributed by atoms with Crippen molar-refractivity contribution in [3.05, 3.63) is 522 Å². The fraction of sp³-hybridized carbons (Fsp3) is 0. The van der Waals surface area contributed by atoms with E-state index in [0.717, 1.165) is 173 Å². The van der Waals surface area contributed by atoms with Gasteiger partial charge >= 0.3 is 0 Å². The molecule has 0 aliphatic heterocycles. The van der Waals surface area contributed by atoms with Crippen molar-refractivity contribution < 1.29 is 8.83 Å². The number of hydrogen-bond acceptors (Lipinski definition) is 4. The summed E-state index contributed by atoms with van der Waals surface area (Å²) in [7, 11) is 0. The standard InChI is InChI=1S/C136H86N4O2/c1-2-28-110-95(22-1)56-57-99-82-100(68-80-111(99)110)112-29-5-11-40-125(112)138(105-72-60-92(61-73-105)88-50-54-90(55-51-88)94-64-76-107(77-65-94)140-128-43-14-8-33-119(128)120-34-9-15-44-129(120)140)109-27-18-24-98(84-109)115-39-21-47-132-136(115)123-81-69-101(86-133(123)142-132)113-37-19-25-102-85-124(116-30-3-4-35-121(116)134(102)113)96-66-78-104(79-67-96)137(108-26-17-23-97(83-108)114-38-20-46-131-135(114)122-36-10-16-45-130(122)141-131)103-70-58-91(59-71-103)87-48-52-89(53-49-87)93-62-74-106(75-63-93)139-126-41-12-6-31-117(126)118-32-7-13-42-127(118)139/h1-86H. The van der Waals surface area contributed by atoms with Crippen molar-refractivity contribution in [1.82, 2.24) is 9.13 Å².